The summed E-state index contributed by atoms with van der Waals surface area (Å²) < 4.78 is 39.1. The second kappa shape index (κ2) is 17.0. The van der Waals surface area contributed by atoms with Crippen LogP contribution in [0.25, 0.3) is 0 Å². The fourth-order valence-electron chi connectivity index (χ4n) is 9.37. The van der Waals surface area contributed by atoms with Gasteiger partial charge in [-0.25, -0.2) is 0 Å². The SMILES string of the molecule is CC[C@H](C)N(C)[C@H]1C[C@@H](C)O[C@@H](O[C@@H]2[C@@H](C)[C@H](O[C@H]3C[C@@](C)(OC)[C@@H](O)[C@H](C)O3)[C@@H](C)C(=O)N[C@H](CC)[C@@](C)(O)[C@H](O)[C@@H](C)C3=C(C)C[C@@]2(C)O3)[C@@H]1O. The highest BCUT2D eigenvalue weighted by atomic mass is 16.7. The number of nitrogens with zero attached hydrogens (tertiary/aromatic N) is 1. The molecule has 13 nitrogen and oxygen atoms in total. The Balaban J connectivity index is 1.84. The van der Waals surface area contributed by atoms with E-state index in [9.17, 15) is 25.2 Å². The smallest absolute Gasteiger partial charge is 0.225 e. The Bertz CT molecular complexity index is 1280. The van der Waals surface area contributed by atoms with Gasteiger partial charge >= 0.3 is 0 Å². The van der Waals surface area contributed by atoms with E-state index in [2.05, 4.69) is 24.1 Å². The average Bonchev–Trinajstić information content (AvgIpc) is 3.43. The molecule has 53 heavy (non-hydrogen) atoms. The lowest BCUT2D eigenvalue weighted by Crippen LogP contribution is -2.62. The number of aliphatic hydroxyl groups excluding tert-OH is 3. The van der Waals surface area contributed by atoms with Crippen LogP contribution in [0.2, 0.25) is 0 Å². The van der Waals surface area contributed by atoms with Crippen LogP contribution in [0, 0.1) is 17.8 Å². The lowest BCUT2D eigenvalue weighted by molar-refractivity contribution is -0.317. The third kappa shape index (κ3) is 8.79. The molecule has 0 spiro atoms. The monoisotopic (exact) mass is 757 g/mol. The summed E-state index contributed by atoms with van der Waals surface area (Å²) in [5, 5.41) is 49.5. The van der Waals surface area contributed by atoms with Crippen molar-refractivity contribution in [1.29, 1.82) is 0 Å². The summed E-state index contributed by atoms with van der Waals surface area (Å²) in [5.74, 6) is -1.86. The molecule has 0 aliphatic carbocycles. The molecule has 3 saturated heterocycles. The van der Waals surface area contributed by atoms with Gasteiger partial charge in [-0.2, -0.15) is 0 Å². The van der Waals surface area contributed by atoms with Gasteiger partial charge in [-0.05, 0) is 80.3 Å². The molecule has 4 aliphatic rings. The maximum absolute atomic E-state index is 14.3. The fourth-order valence-corrected chi connectivity index (χ4v) is 9.37. The number of hydrogen-bond donors (Lipinski definition) is 5. The van der Waals surface area contributed by atoms with Gasteiger partial charge in [0.15, 0.2) is 12.6 Å². The molecule has 4 aliphatic heterocycles. The van der Waals surface area contributed by atoms with E-state index < -0.39 is 89.8 Å². The number of hydrogen-bond acceptors (Lipinski definition) is 12. The Morgan fingerprint density at radius 1 is 1.00 bits per heavy atom. The normalized spacial score (nSPS) is 48.0. The molecule has 4 heterocycles. The maximum atomic E-state index is 14.3. The van der Waals surface area contributed by atoms with Crippen molar-refractivity contribution in [2.75, 3.05) is 14.2 Å². The van der Waals surface area contributed by atoms with Crippen LogP contribution in [-0.2, 0) is 33.2 Å². The zero-order valence-electron chi connectivity index (χ0n) is 34.8. The number of nitrogens with one attached hydrogen (secondary N) is 1. The van der Waals surface area contributed by atoms with Gasteiger partial charge in [0, 0.05) is 43.9 Å². The number of aliphatic hydroxyl groups is 4. The summed E-state index contributed by atoms with van der Waals surface area (Å²) in [6, 6.07) is -0.804. The van der Waals surface area contributed by atoms with Crippen molar-refractivity contribution >= 4 is 5.91 Å². The molecule has 308 valence electrons. The first kappa shape index (κ1) is 44.3. The largest absolute Gasteiger partial charge is 0.489 e. The first-order valence-electron chi connectivity index (χ1n) is 19.9. The van der Waals surface area contributed by atoms with E-state index in [0.717, 1.165) is 12.0 Å². The molecule has 5 N–H and O–H groups in total. The van der Waals surface area contributed by atoms with Crippen LogP contribution < -0.4 is 5.32 Å². The van der Waals surface area contributed by atoms with Crippen molar-refractivity contribution in [3.63, 3.8) is 0 Å². The van der Waals surface area contributed by atoms with E-state index in [0.29, 0.717) is 25.0 Å². The predicted molar refractivity (Wildman–Crippen MR) is 200 cm³/mol. The summed E-state index contributed by atoms with van der Waals surface area (Å²) in [7, 11) is 3.56. The number of rotatable bonds is 9. The lowest BCUT2D eigenvalue weighted by atomic mass is 9.78. The third-order valence-corrected chi connectivity index (χ3v) is 13.3. The van der Waals surface area contributed by atoms with Gasteiger partial charge in [0.25, 0.3) is 0 Å². The minimum absolute atomic E-state index is 0.193. The highest BCUT2D eigenvalue weighted by Gasteiger charge is 2.56. The van der Waals surface area contributed by atoms with Gasteiger partial charge in [-0.15, -0.1) is 0 Å². The topological polar surface area (TPSA) is 169 Å². The van der Waals surface area contributed by atoms with E-state index in [1.54, 1.807) is 27.9 Å². The number of fused-ring (bicyclic) bond motifs is 2. The summed E-state index contributed by atoms with van der Waals surface area (Å²) in [5.41, 5.74) is -2.85. The molecule has 18 atom stereocenters. The van der Waals surface area contributed by atoms with Crippen LogP contribution >= 0.6 is 0 Å². The van der Waals surface area contributed by atoms with Crippen LogP contribution in [-0.4, -0.2) is 136 Å². The number of methoxy groups -OCH3 is 1. The van der Waals surface area contributed by atoms with E-state index in [-0.39, 0.29) is 30.5 Å². The van der Waals surface area contributed by atoms with E-state index >= 15 is 0 Å². The van der Waals surface area contributed by atoms with Gasteiger partial charge in [0.2, 0.25) is 5.91 Å². The highest BCUT2D eigenvalue weighted by molar-refractivity contribution is 5.79. The van der Waals surface area contributed by atoms with Crippen molar-refractivity contribution in [2.24, 2.45) is 17.8 Å². The van der Waals surface area contributed by atoms with Crippen LogP contribution in [0.3, 0.4) is 0 Å². The first-order valence-corrected chi connectivity index (χ1v) is 19.9. The Hall–Kier alpha value is -1.39. The van der Waals surface area contributed by atoms with Gasteiger partial charge < -0.3 is 54.2 Å². The maximum Gasteiger partial charge on any atom is 0.225 e. The minimum Gasteiger partial charge on any atom is -0.489 e. The van der Waals surface area contributed by atoms with Gasteiger partial charge in [0.1, 0.15) is 35.3 Å². The van der Waals surface area contributed by atoms with E-state index in [4.69, 9.17) is 28.4 Å². The second-order valence-electron chi connectivity index (χ2n) is 17.4. The molecule has 3 fully saturated rings. The number of likely N-dealkylation sites (N-methyl/N-ethyl adjacent to an activating group) is 1. The number of carbonyl (C=O) groups excluding carboxylic acids is 1. The Labute approximate surface area is 318 Å². The standard InChI is InChI=1S/C40H72N2O11/c1-15-21(4)42(13)27-17-22(5)49-37(30(27)43)52-35-24(7)32(51-29-19-38(10,48-14)34(45)26(9)50-29)25(8)36(46)41-28(16-2)40(12,47)33(44)23(6)31-20(3)18-39(35,11)53-31/h21-30,32-35,37,43-45,47H,15-19H2,1-14H3,(H,41,46)/t21-,22+,23-,24-,25+,26-,27-,28+,29-,30+,32-,33+,34-,35+,37-,38+,39+,40+/m0/s1. The molecule has 0 aromatic heterocycles. The highest BCUT2D eigenvalue weighted by Crippen LogP contribution is 2.47. The average molecular weight is 757 g/mol. The Kier molecular flexibility index (Phi) is 14.2. The molecule has 0 aromatic carbocycles. The fraction of sp³-hybridized carbons (Fsp3) is 0.925. The van der Waals surface area contributed by atoms with Crippen LogP contribution in [0.1, 0.15) is 115 Å². The van der Waals surface area contributed by atoms with Gasteiger partial charge in [-0.3, -0.25) is 9.69 Å². The van der Waals surface area contributed by atoms with Crippen molar-refractivity contribution in [1.82, 2.24) is 10.2 Å². The summed E-state index contributed by atoms with van der Waals surface area (Å²) in [4.78, 5) is 16.5. The van der Waals surface area contributed by atoms with Crippen molar-refractivity contribution in [2.45, 2.75) is 205 Å². The number of carbonyl (C=O) groups is 1. The summed E-state index contributed by atoms with van der Waals surface area (Å²) in [6.45, 7) is 22.6. The third-order valence-electron chi connectivity index (χ3n) is 13.3. The molecule has 0 radical (unpaired) electrons. The quantitative estimate of drug-likeness (QED) is 0.232. The summed E-state index contributed by atoms with van der Waals surface area (Å²) >= 11 is 0. The zero-order valence-corrected chi connectivity index (χ0v) is 34.8. The van der Waals surface area contributed by atoms with E-state index in [1.165, 1.54) is 0 Å². The Morgan fingerprint density at radius 3 is 2.23 bits per heavy atom. The molecule has 0 aromatic rings. The Morgan fingerprint density at radius 2 is 1.64 bits per heavy atom. The molecular formula is C40H72N2O11. The van der Waals surface area contributed by atoms with Crippen LogP contribution in [0.4, 0.5) is 0 Å². The molecule has 0 saturated carbocycles. The molecule has 4 rings (SSSR count). The van der Waals surface area contributed by atoms with Crippen molar-refractivity contribution in [3.8, 4) is 0 Å². The molecule has 2 bridgehead atoms. The molecular weight excluding hydrogens is 684 g/mol. The molecule has 1 amide bonds. The van der Waals surface area contributed by atoms with E-state index in [1.807, 2.05) is 55.5 Å². The second-order valence-corrected chi connectivity index (χ2v) is 17.4. The molecule has 0 unspecified atom stereocenters. The number of amides is 1. The lowest BCUT2D eigenvalue weighted by Gasteiger charge is -2.49. The molecule has 13 heteroatoms. The zero-order chi connectivity index (χ0) is 40.0. The number of ether oxygens (including phenoxy) is 6. The van der Waals surface area contributed by atoms with Gasteiger partial charge in [0.05, 0.1) is 42.0 Å². The van der Waals surface area contributed by atoms with Gasteiger partial charge in [-0.1, -0.05) is 34.6 Å². The van der Waals surface area contributed by atoms with Crippen molar-refractivity contribution in [3.05, 3.63) is 11.3 Å². The minimum atomic E-state index is -1.71. The summed E-state index contributed by atoms with van der Waals surface area (Å²) in [6.07, 6.45) is -5.09. The van der Waals surface area contributed by atoms with Crippen LogP contribution in [0.5, 0.6) is 0 Å². The predicted octanol–water partition coefficient (Wildman–Crippen LogP) is 3.63. The van der Waals surface area contributed by atoms with Crippen LogP contribution in [0.15, 0.2) is 11.3 Å². The van der Waals surface area contributed by atoms with Crippen molar-refractivity contribution < 1.29 is 53.6 Å². The first-order chi connectivity index (χ1) is 24.6.